The number of nitrogens with one attached hydrogen (secondary N) is 2. The number of aromatic nitrogens is 4. The second-order valence-electron chi connectivity index (χ2n) is 3.14. The molecule has 6 heteroatoms. The SMILES string of the molecule is CNc1nc[n+](C)c2c1[nH]c(=O)n2C. The molecule has 0 amide bonds. The lowest BCUT2D eigenvalue weighted by Gasteiger charge is -1.97. The maximum absolute atomic E-state index is 11.4. The van der Waals surface area contributed by atoms with Gasteiger partial charge in [-0.15, -0.1) is 0 Å². The van der Waals surface area contributed by atoms with Crippen LogP contribution in [-0.4, -0.2) is 21.6 Å². The highest BCUT2D eigenvalue weighted by Crippen LogP contribution is 2.11. The van der Waals surface area contributed by atoms with Crippen molar-refractivity contribution in [2.45, 2.75) is 0 Å². The Balaban J connectivity index is 2.99. The Labute approximate surface area is 80.2 Å². The first-order valence-corrected chi connectivity index (χ1v) is 4.26. The van der Waals surface area contributed by atoms with Crippen molar-refractivity contribution in [3.63, 3.8) is 0 Å². The number of H-pyrrole nitrogens is 1. The molecule has 2 aromatic rings. The van der Waals surface area contributed by atoms with Gasteiger partial charge in [0.1, 0.15) is 0 Å². The minimum atomic E-state index is -0.139. The molecule has 2 N–H and O–H groups in total. The van der Waals surface area contributed by atoms with Crippen LogP contribution in [0.2, 0.25) is 0 Å². The first-order valence-electron chi connectivity index (χ1n) is 4.26. The lowest BCUT2D eigenvalue weighted by atomic mass is 10.5. The highest BCUT2D eigenvalue weighted by Gasteiger charge is 2.16. The van der Waals surface area contributed by atoms with E-state index in [2.05, 4.69) is 15.3 Å². The van der Waals surface area contributed by atoms with Gasteiger partial charge in [-0.05, 0) is 0 Å². The number of imidazole rings is 1. The Morgan fingerprint density at radius 3 is 3.00 bits per heavy atom. The molecule has 14 heavy (non-hydrogen) atoms. The van der Waals surface area contributed by atoms with Crippen molar-refractivity contribution >= 4 is 17.0 Å². The summed E-state index contributed by atoms with van der Waals surface area (Å²) >= 11 is 0. The number of anilines is 1. The van der Waals surface area contributed by atoms with E-state index in [1.165, 1.54) is 0 Å². The summed E-state index contributed by atoms with van der Waals surface area (Å²) in [6, 6.07) is 0. The van der Waals surface area contributed by atoms with Gasteiger partial charge < -0.3 is 5.32 Å². The smallest absolute Gasteiger partial charge is 0.358 e. The van der Waals surface area contributed by atoms with Crippen molar-refractivity contribution in [3.05, 3.63) is 16.8 Å². The van der Waals surface area contributed by atoms with E-state index in [4.69, 9.17) is 0 Å². The molecule has 2 rings (SSSR count). The van der Waals surface area contributed by atoms with Gasteiger partial charge in [-0.1, -0.05) is 4.98 Å². The quantitative estimate of drug-likeness (QED) is 0.580. The molecule has 0 spiro atoms. The largest absolute Gasteiger partial charge is 0.384 e. The zero-order valence-electron chi connectivity index (χ0n) is 8.33. The Kier molecular flexibility index (Phi) is 1.77. The number of hydrogen-bond donors (Lipinski definition) is 2. The van der Waals surface area contributed by atoms with E-state index >= 15 is 0 Å². The van der Waals surface area contributed by atoms with Crippen molar-refractivity contribution in [3.8, 4) is 0 Å². The standard InChI is InChI=1S/C8H11N5O/c1-9-6-5-7(12(2)4-10-6)13(3)8(14)11-5/h4H,1-3H3,(H,11,14)/p+1. The Morgan fingerprint density at radius 2 is 2.36 bits per heavy atom. The molecule has 0 saturated carbocycles. The monoisotopic (exact) mass is 194 g/mol. The van der Waals surface area contributed by atoms with Crippen LogP contribution in [0, 0.1) is 0 Å². The molecular weight excluding hydrogens is 182 g/mol. The van der Waals surface area contributed by atoms with Crippen LogP contribution in [-0.2, 0) is 14.1 Å². The predicted octanol–water partition coefficient (Wildman–Crippen LogP) is -0.872. The summed E-state index contributed by atoms with van der Waals surface area (Å²) < 4.78 is 3.35. The van der Waals surface area contributed by atoms with E-state index < -0.39 is 0 Å². The molecule has 2 heterocycles. The zero-order valence-corrected chi connectivity index (χ0v) is 8.33. The van der Waals surface area contributed by atoms with Crippen LogP contribution in [0.15, 0.2) is 11.1 Å². The average Bonchev–Trinajstić information content (AvgIpc) is 2.45. The van der Waals surface area contributed by atoms with Crippen LogP contribution in [0.3, 0.4) is 0 Å². The number of rotatable bonds is 1. The van der Waals surface area contributed by atoms with Crippen LogP contribution < -0.4 is 15.6 Å². The second kappa shape index (κ2) is 2.83. The van der Waals surface area contributed by atoms with Gasteiger partial charge >= 0.3 is 5.69 Å². The first kappa shape index (κ1) is 8.74. The van der Waals surface area contributed by atoms with Gasteiger partial charge in [0.15, 0.2) is 5.52 Å². The lowest BCUT2D eigenvalue weighted by molar-refractivity contribution is -0.650. The zero-order chi connectivity index (χ0) is 10.3. The molecule has 0 bridgehead atoms. The highest BCUT2D eigenvalue weighted by molar-refractivity contribution is 5.80. The predicted molar refractivity (Wildman–Crippen MR) is 52.1 cm³/mol. The van der Waals surface area contributed by atoms with Crippen molar-refractivity contribution in [1.29, 1.82) is 0 Å². The molecule has 0 atom stereocenters. The molecule has 6 nitrogen and oxygen atoms in total. The topological polar surface area (TPSA) is 66.6 Å². The summed E-state index contributed by atoms with van der Waals surface area (Å²) in [5, 5.41) is 2.93. The molecule has 2 aromatic heterocycles. The minimum Gasteiger partial charge on any atom is -0.358 e. The maximum atomic E-state index is 11.4. The van der Waals surface area contributed by atoms with Crippen molar-refractivity contribution in [1.82, 2.24) is 14.5 Å². The fourth-order valence-electron chi connectivity index (χ4n) is 1.54. The molecule has 0 saturated heterocycles. The molecular formula is C8H12N5O+. The molecule has 0 aliphatic heterocycles. The third-order valence-corrected chi connectivity index (χ3v) is 2.25. The Hall–Kier alpha value is -1.85. The summed E-state index contributed by atoms with van der Waals surface area (Å²) in [6.45, 7) is 0. The van der Waals surface area contributed by atoms with Gasteiger partial charge in [0.25, 0.3) is 5.65 Å². The van der Waals surface area contributed by atoms with Crippen LogP contribution in [0.25, 0.3) is 11.2 Å². The molecule has 0 aliphatic rings. The fourth-order valence-corrected chi connectivity index (χ4v) is 1.54. The maximum Gasteiger partial charge on any atom is 0.384 e. The number of aryl methyl sites for hydroxylation is 2. The molecule has 0 unspecified atom stereocenters. The molecule has 0 fully saturated rings. The van der Waals surface area contributed by atoms with Crippen molar-refractivity contribution in [2.24, 2.45) is 14.1 Å². The summed E-state index contributed by atoms with van der Waals surface area (Å²) in [7, 11) is 5.34. The van der Waals surface area contributed by atoms with Gasteiger partial charge in [-0.2, -0.15) is 0 Å². The Morgan fingerprint density at radius 1 is 1.64 bits per heavy atom. The van der Waals surface area contributed by atoms with Crippen LogP contribution >= 0.6 is 0 Å². The number of fused-ring (bicyclic) bond motifs is 1. The molecule has 74 valence electrons. The third kappa shape index (κ3) is 1.00. The first-order chi connectivity index (χ1) is 6.65. The summed E-state index contributed by atoms with van der Waals surface area (Å²) in [5.74, 6) is 0.677. The number of aromatic amines is 1. The second-order valence-corrected chi connectivity index (χ2v) is 3.14. The average molecular weight is 194 g/mol. The summed E-state index contributed by atoms with van der Waals surface area (Å²) in [4.78, 5) is 18.3. The van der Waals surface area contributed by atoms with Gasteiger partial charge in [0.05, 0.1) is 14.1 Å². The summed E-state index contributed by atoms with van der Waals surface area (Å²) in [6.07, 6.45) is 1.67. The molecule has 0 aromatic carbocycles. The van der Waals surface area contributed by atoms with E-state index in [-0.39, 0.29) is 5.69 Å². The Bertz CT molecular complexity index is 538. The highest BCUT2D eigenvalue weighted by atomic mass is 16.1. The van der Waals surface area contributed by atoms with Crippen LogP contribution in [0.1, 0.15) is 0 Å². The normalized spacial score (nSPS) is 10.8. The van der Waals surface area contributed by atoms with E-state index in [9.17, 15) is 4.79 Å². The number of nitrogens with zero attached hydrogens (tertiary/aromatic N) is 3. The van der Waals surface area contributed by atoms with E-state index in [1.807, 2.05) is 7.05 Å². The van der Waals surface area contributed by atoms with Gasteiger partial charge in [-0.3, -0.25) is 4.98 Å². The van der Waals surface area contributed by atoms with Crippen LogP contribution in [0.4, 0.5) is 5.82 Å². The lowest BCUT2D eigenvalue weighted by Crippen LogP contribution is -2.32. The van der Waals surface area contributed by atoms with Gasteiger partial charge in [0, 0.05) is 7.05 Å². The third-order valence-electron chi connectivity index (χ3n) is 2.25. The van der Waals surface area contributed by atoms with Gasteiger partial charge in [-0.25, -0.2) is 13.9 Å². The fraction of sp³-hybridized carbons (Fsp3) is 0.375. The minimum absolute atomic E-state index is 0.139. The van der Waals surface area contributed by atoms with Crippen LogP contribution in [0.5, 0.6) is 0 Å². The van der Waals surface area contributed by atoms with Gasteiger partial charge in [0.2, 0.25) is 12.1 Å². The summed E-state index contributed by atoms with van der Waals surface area (Å²) in [5.41, 5.74) is 1.40. The van der Waals surface area contributed by atoms with Crippen molar-refractivity contribution < 1.29 is 4.57 Å². The number of hydrogen-bond acceptors (Lipinski definition) is 3. The molecule has 0 radical (unpaired) electrons. The van der Waals surface area contributed by atoms with E-state index in [0.717, 1.165) is 11.2 Å². The molecule has 0 aliphatic carbocycles. The van der Waals surface area contributed by atoms with E-state index in [1.54, 1.807) is 29.6 Å². The van der Waals surface area contributed by atoms with Crippen molar-refractivity contribution in [2.75, 3.05) is 12.4 Å². The van der Waals surface area contributed by atoms with E-state index in [0.29, 0.717) is 5.82 Å².